The van der Waals surface area contributed by atoms with Crippen LogP contribution >= 0.6 is 0 Å². The standard InChI is InChI=1S/C25H18.C2H6/c1-3-11-19(12-4-1)25(20-13-5-2-6-14-20)23-17-9-7-15-21(23)22-16-8-10-18-24(22)25;1-2/h1-18H;1-2H3. The van der Waals surface area contributed by atoms with Crippen molar-refractivity contribution in [2.45, 2.75) is 19.3 Å². The number of hydrogen-bond acceptors (Lipinski definition) is 0. The predicted octanol–water partition coefficient (Wildman–Crippen LogP) is 7.08. The van der Waals surface area contributed by atoms with Crippen molar-refractivity contribution in [1.82, 2.24) is 0 Å². The van der Waals surface area contributed by atoms with E-state index in [1.807, 2.05) is 13.8 Å². The number of rotatable bonds is 2. The van der Waals surface area contributed by atoms with Crippen molar-refractivity contribution in [2.75, 3.05) is 0 Å². The second-order valence-corrected chi connectivity index (χ2v) is 6.57. The maximum atomic E-state index is 2.29. The summed E-state index contributed by atoms with van der Waals surface area (Å²) in [4.78, 5) is 0. The average Bonchev–Trinajstić information content (AvgIpc) is 3.08. The van der Waals surface area contributed by atoms with E-state index in [2.05, 4.69) is 109 Å². The molecule has 0 heterocycles. The van der Waals surface area contributed by atoms with E-state index >= 15 is 0 Å². The van der Waals surface area contributed by atoms with E-state index in [-0.39, 0.29) is 5.41 Å². The highest BCUT2D eigenvalue weighted by atomic mass is 14.5. The summed E-state index contributed by atoms with van der Waals surface area (Å²) in [6.07, 6.45) is 0. The fourth-order valence-electron chi connectivity index (χ4n) is 4.40. The molecule has 1 aliphatic carbocycles. The van der Waals surface area contributed by atoms with Crippen LogP contribution in [0.3, 0.4) is 0 Å². The van der Waals surface area contributed by atoms with E-state index in [1.54, 1.807) is 0 Å². The molecule has 0 unspecified atom stereocenters. The average molecular weight is 348 g/mol. The van der Waals surface area contributed by atoms with E-state index in [0.29, 0.717) is 0 Å². The first-order valence-corrected chi connectivity index (χ1v) is 9.73. The SMILES string of the molecule is CC.c1ccc(C2(c3ccccc3)c3ccccc3-c3ccccc32)cc1. The van der Waals surface area contributed by atoms with Crippen LogP contribution in [0.2, 0.25) is 0 Å². The third kappa shape index (κ3) is 2.52. The fraction of sp³-hybridized carbons (Fsp3) is 0.111. The molecule has 1 aliphatic rings. The second-order valence-electron chi connectivity index (χ2n) is 6.57. The van der Waals surface area contributed by atoms with Crippen LogP contribution in [0.15, 0.2) is 109 Å². The Morgan fingerprint density at radius 2 is 0.741 bits per heavy atom. The van der Waals surface area contributed by atoms with Crippen LogP contribution in [-0.2, 0) is 5.41 Å². The molecule has 0 nitrogen and oxygen atoms in total. The lowest BCUT2D eigenvalue weighted by Crippen LogP contribution is -2.28. The normalized spacial score (nSPS) is 13.1. The molecule has 5 rings (SSSR count). The van der Waals surface area contributed by atoms with Gasteiger partial charge in [-0.3, -0.25) is 0 Å². The molecule has 0 saturated carbocycles. The minimum absolute atomic E-state index is 0.254. The summed E-state index contributed by atoms with van der Waals surface area (Å²) in [5, 5.41) is 0. The molecular formula is C27H24. The van der Waals surface area contributed by atoms with Gasteiger partial charge in [-0.15, -0.1) is 0 Å². The molecule has 4 aromatic rings. The lowest BCUT2D eigenvalue weighted by atomic mass is 9.68. The number of fused-ring (bicyclic) bond motifs is 3. The van der Waals surface area contributed by atoms with Gasteiger partial charge in [-0.2, -0.15) is 0 Å². The zero-order chi connectivity index (χ0) is 18.7. The molecule has 0 saturated heterocycles. The van der Waals surface area contributed by atoms with E-state index in [0.717, 1.165) is 0 Å². The number of hydrogen-bond donors (Lipinski definition) is 0. The maximum absolute atomic E-state index is 2.29. The molecule has 0 fully saturated rings. The zero-order valence-corrected chi connectivity index (χ0v) is 15.9. The van der Waals surface area contributed by atoms with Gasteiger partial charge in [0, 0.05) is 0 Å². The van der Waals surface area contributed by atoms with Crippen molar-refractivity contribution in [2.24, 2.45) is 0 Å². The van der Waals surface area contributed by atoms with Gasteiger partial charge in [0.05, 0.1) is 5.41 Å². The Bertz CT molecular complexity index is 943. The minimum Gasteiger partial charge on any atom is -0.0683 e. The summed E-state index contributed by atoms with van der Waals surface area (Å²) in [7, 11) is 0. The van der Waals surface area contributed by atoms with Crippen molar-refractivity contribution in [3.05, 3.63) is 131 Å². The highest BCUT2D eigenvalue weighted by molar-refractivity contribution is 5.86. The Labute approximate surface area is 162 Å². The first kappa shape index (κ1) is 17.3. The summed E-state index contributed by atoms with van der Waals surface area (Å²) < 4.78 is 0. The third-order valence-electron chi connectivity index (χ3n) is 5.37. The van der Waals surface area contributed by atoms with Gasteiger partial charge in [-0.05, 0) is 33.4 Å². The summed E-state index contributed by atoms with van der Waals surface area (Å²) in [5.74, 6) is 0. The fourth-order valence-corrected chi connectivity index (χ4v) is 4.40. The Morgan fingerprint density at radius 3 is 1.15 bits per heavy atom. The van der Waals surface area contributed by atoms with Crippen molar-refractivity contribution in [3.8, 4) is 11.1 Å². The summed E-state index contributed by atoms with van der Waals surface area (Å²) >= 11 is 0. The molecule has 0 radical (unpaired) electrons. The predicted molar refractivity (Wildman–Crippen MR) is 115 cm³/mol. The van der Waals surface area contributed by atoms with Crippen molar-refractivity contribution < 1.29 is 0 Å². The van der Waals surface area contributed by atoms with Crippen molar-refractivity contribution in [3.63, 3.8) is 0 Å². The van der Waals surface area contributed by atoms with Crippen LogP contribution in [0.25, 0.3) is 11.1 Å². The van der Waals surface area contributed by atoms with E-state index in [4.69, 9.17) is 0 Å². The van der Waals surface area contributed by atoms with E-state index in [9.17, 15) is 0 Å². The lowest BCUT2D eigenvalue weighted by Gasteiger charge is -2.33. The summed E-state index contributed by atoms with van der Waals surface area (Å²) in [5.41, 5.74) is 7.80. The minimum atomic E-state index is -0.254. The largest absolute Gasteiger partial charge is 0.0713 e. The molecule has 0 amide bonds. The monoisotopic (exact) mass is 348 g/mol. The van der Waals surface area contributed by atoms with Crippen LogP contribution in [0.1, 0.15) is 36.1 Å². The zero-order valence-electron chi connectivity index (χ0n) is 15.9. The first-order valence-electron chi connectivity index (χ1n) is 9.73. The van der Waals surface area contributed by atoms with Crippen LogP contribution in [0.5, 0.6) is 0 Å². The van der Waals surface area contributed by atoms with Crippen LogP contribution < -0.4 is 0 Å². The van der Waals surface area contributed by atoms with E-state index in [1.165, 1.54) is 33.4 Å². The van der Waals surface area contributed by atoms with Crippen LogP contribution in [0, 0.1) is 0 Å². The van der Waals surface area contributed by atoms with Gasteiger partial charge < -0.3 is 0 Å². The maximum Gasteiger partial charge on any atom is 0.0713 e. The van der Waals surface area contributed by atoms with Gasteiger partial charge >= 0.3 is 0 Å². The van der Waals surface area contributed by atoms with Gasteiger partial charge in [0.2, 0.25) is 0 Å². The Morgan fingerprint density at radius 1 is 0.407 bits per heavy atom. The Kier molecular flexibility index (Phi) is 4.64. The Hall–Kier alpha value is -3.12. The van der Waals surface area contributed by atoms with Crippen molar-refractivity contribution in [1.29, 1.82) is 0 Å². The van der Waals surface area contributed by atoms with E-state index < -0.39 is 0 Å². The molecular weight excluding hydrogens is 324 g/mol. The van der Waals surface area contributed by atoms with Gasteiger partial charge in [-0.25, -0.2) is 0 Å². The lowest BCUT2D eigenvalue weighted by molar-refractivity contribution is 0.768. The van der Waals surface area contributed by atoms with Crippen molar-refractivity contribution >= 4 is 0 Å². The number of benzene rings is 4. The summed E-state index contributed by atoms with van der Waals surface area (Å²) in [6.45, 7) is 4.00. The molecule has 27 heavy (non-hydrogen) atoms. The van der Waals surface area contributed by atoms with Crippen LogP contribution in [-0.4, -0.2) is 0 Å². The first-order chi connectivity index (χ1) is 13.4. The van der Waals surface area contributed by atoms with Gasteiger partial charge in [-0.1, -0.05) is 123 Å². The molecule has 0 spiro atoms. The Balaban J connectivity index is 0.000000872. The summed E-state index contributed by atoms with van der Waals surface area (Å²) in [6, 6.07) is 39.5. The smallest absolute Gasteiger partial charge is 0.0683 e. The molecule has 0 aliphatic heterocycles. The molecule has 0 heteroatoms. The third-order valence-corrected chi connectivity index (χ3v) is 5.37. The highest BCUT2D eigenvalue weighted by Gasteiger charge is 2.45. The topological polar surface area (TPSA) is 0 Å². The van der Waals surface area contributed by atoms with Gasteiger partial charge in [0.1, 0.15) is 0 Å². The quantitative estimate of drug-likeness (QED) is 0.320. The molecule has 0 aromatic heterocycles. The second kappa shape index (κ2) is 7.25. The molecule has 132 valence electrons. The molecule has 0 atom stereocenters. The molecule has 0 bridgehead atoms. The van der Waals surface area contributed by atoms with Crippen LogP contribution in [0.4, 0.5) is 0 Å². The molecule has 4 aromatic carbocycles. The van der Waals surface area contributed by atoms with Gasteiger partial charge in [0.15, 0.2) is 0 Å². The molecule has 0 N–H and O–H groups in total. The van der Waals surface area contributed by atoms with Gasteiger partial charge in [0.25, 0.3) is 0 Å². The highest BCUT2D eigenvalue weighted by Crippen LogP contribution is 2.55.